The minimum atomic E-state index is -0.921. The summed E-state index contributed by atoms with van der Waals surface area (Å²) < 4.78 is 29.4. The van der Waals surface area contributed by atoms with Gasteiger partial charge in [0.2, 0.25) is 0 Å². The van der Waals surface area contributed by atoms with E-state index in [0.29, 0.717) is 34.8 Å². The lowest BCUT2D eigenvalue weighted by molar-refractivity contribution is 0.170. The minimum Gasteiger partial charge on any atom is -0.507 e. The maximum atomic E-state index is 14.6. The van der Waals surface area contributed by atoms with Crippen molar-refractivity contribution in [1.82, 2.24) is 19.7 Å². The Balaban J connectivity index is 1.56. The Morgan fingerprint density at radius 1 is 1.18 bits per heavy atom. The Morgan fingerprint density at radius 3 is 2.61 bits per heavy atom. The van der Waals surface area contributed by atoms with E-state index in [4.69, 9.17) is 0 Å². The number of benzene rings is 1. The van der Waals surface area contributed by atoms with Crippen LogP contribution in [0.2, 0.25) is 0 Å². The average molecular weight is 456 g/mol. The molecular formula is C24H27F2N5O2. The second-order valence-electron chi connectivity index (χ2n) is 8.62. The number of aromatic hydroxyl groups is 1. The molecule has 0 amide bonds. The van der Waals surface area contributed by atoms with Crippen LogP contribution in [0.5, 0.6) is 5.75 Å². The predicted molar refractivity (Wildman–Crippen MR) is 122 cm³/mol. The van der Waals surface area contributed by atoms with Gasteiger partial charge in [0.25, 0.3) is 5.56 Å². The largest absolute Gasteiger partial charge is 0.507 e. The van der Waals surface area contributed by atoms with E-state index >= 15 is 0 Å². The summed E-state index contributed by atoms with van der Waals surface area (Å²) in [5, 5.41) is 18.9. The fourth-order valence-corrected chi connectivity index (χ4v) is 4.36. The first-order valence-electron chi connectivity index (χ1n) is 11.1. The van der Waals surface area contributed by atoms with Gasteiger partial charge in [0, 0.05) is 20.2 Å². The molecule has 1 aliphatic rings. The first kappa shape index (κ1) is 22.8. The maximum absolute atomic E-state index is 14.6. The van der Waals surface area contributed by atoms with E-state index < -0.39 is 17.7 Å². The average Bonchev–Trinajstić information content (AvgIpc) is 2.82. The molecule has 0 radical (unpaired) electrons. The van der Waals surface area contributed by atoms with Crippen LogP contribution in [0.1, 0.15) is 32.6 Å². The normalized spacial score (nSPS) is 20.6. The maximum Gasteiger partial charge on any atom is 0.253 e. The highest BCUT2D eigenvalue weighted by Crippen LogP contribution is 2.34. The lowest BCUT2D eigenvalue weighted by Gasteiger charge is -2.37. The van der Waals surface area contributed by atoms with Gasteiger partial charge in [-0.05, 0) is 54.5 Å². The molecule has 7 nitrogen and oxygen atoms in total. The standard InChI is InChI=1S/C24H27F2N5O2/c1-4-14-5-8-18(25)19(9-14)30(2)22-13-27-24(29-28-22)17-7-6-15(10-20(17)32)16-11-21(26)31(3)23(33)12-16/h6-7,10-14,18-19,32H,4-5,8-9H2,1-3H3/t14-,18+,19-/m1/s1. The van der Waals surface area contributed by atoms with E-state index in [0.717, 1.165) is 23.8 Å². The third kappa shape index (κ3) is 4.58. The van der Waals surface area contributed by atoms with E-state index in [2.05, 4.69) is 22.1 Å². The number of rotatable bonds is 5. The summed E-state index contributed by atoms with van der Waals surface area (Å²) in [6.07, 6.45) is 3.85. The molecule has 2 aromatic heterocycles. The van der Waals surface area contributed by atoms with Crippen LogP contribution in [-0.2, 0) is 7.05 Å². The summed E-state index contributed by atoms with van der Waals surface area (Å²) in [7, 11) is 3.15. The number of hydrogen-bond acceptors (Lipinski definition) is 6. The van der Waals surface area contributed by atoms with Crippen molar-refractivity contribution >= 4 is 5.82 Å². The van der Waals surface area contributed by atoms with E-state index in [-0.39, 0.29) is 17.6 Å². The van der Waals surface area contributed by atoms with E-state index in [1.807, 2.05) is 0 Å². The lowest BCUT2D eigenvalue weighted by Crippen LogP contribution is -2.44. The Labute approximate surface area is 190 Å². The number of phenolic OH excluding ortho intramolecular Hbond substituents is 1. The topological polar surface area (TPSA) is 84.1 Å². The van der Waals surface area contributed by atoms with Gasteiger partial charge in [0.05, 0.1) is 17.8 Å². The Morgan fingerprint density at radius 2 is 1.97 bits per heavy atom. The summed E-state index contributed by atoms with van der Waals surface area (Å²) >= 11 is 0. The number of alkyl halides is 1. The van der Waals surface area contributed by atoms with Crippen molar-refractivity contribution in [3.8, 4) is 28.3 Å². The van der Waals surface area contributed by atoms with E-state index in [1.54, 1.807) is 24.1 Å². The van der Waals surface area contributed by atoms with Gasteiger partial charge in [-0.15, -0.1) is 10.2 Å². The van der Waals surface area contributed by atoms with Crippen molar-refractivity contribution in [2.75, 3.05) is 11.9 Å². The van der Waals surface area contributed by atoms with Crippen molar-refractivity contribution in [3.63, 3.8) is 0 Å². The monoisotopic (exact) mass is 455 g/mol. The molecule has 3 atom stereocenters. The molecule has 1 saturated carbocycles. The Hall–Kier alpha value is -3.36. The molecule has 174 valence electrons. The van der Waals surface area contributed by atoms with Gasteiger partial charge in [-0.2, -0.15) is 4.39 Å². The Kier molecular flexibility index (Phi) is 6.40. The highest BCUT2D eigenvalue weighted by atomic mass is 19.1. The first-order valence-corrected chi connectivity index (χ1v) is 11.1. The van der Waals surface area contributed by atoms with Gasteiger partial charge < -0.3 is 10.0 Å². The molecule has 3 aromatic rings. The van der Waals surface area contributed by atoms with Gasteiger partial charge in [0.1, 0.15) is 11.9 Å². The van der Waals surface area contributed by atoms with Gasteiger partial charge in [-0.25, -0.2) is 9.37 Å². The minimum absolute atomic E-state index is 0.126. The zero-order valence-corrected chi connectivity index (χ0v) is 18.9. The molecule has 0 aliphatic heterocycles. The molecule has 0 bridgehead atoms. The number of anilines is 1. The molecule has 0 unspecified atom stereocenters. The lowest BCUT2D eigenvalue weighted by atomic mass is 9.82. The van der Waals surface area contributed by atoms with Crippen molar-refractivity contribution in [3.05, 3.63) is 52.8 Å². The summed E-state index contributed by atoms with van der Waals surface area (Å²) in [5.41, 5.74) is 0.692. The number of halogens is 2. The van der Waals surface area contributed by atoms with Crippen molar-refractivity contribution in [2.45, 2.75) is 44.8 Å². The second-order valence-corrected chi connectivity index (χ2v) is 8.62. The highest BCUT2D eigenvalue weighted by Gasteiger charge is 2.33. The summed E-state index contributed by atoms with van der Waals surface area (Å²) in [6.45, 7) is 2.13. The molecule has 33 heavy (non-hydrogen) atoms. The third-order valence-electron chi connectivity index (χ3n) is 6.61. The molecule has 1 aromatic carbocycles. The molecular weight excluding hydrogens is 428 g/mol. The number of nitrogens with zero attached hydrogens (tertiary/aromatic N) is 5. The van der Waals surface area contributed by atoms with Gasteiger partial charge >= 0.3 is 0 Å². The fourth-order valence-electron chi connectivity index (χ4n) is 4.36. The van der Waals surface area contributed by atoms with Crippen LogP contribution >= 0.6 is 0 Å². The SMILES string of the molecule is CC[C@@H]1CC[C@H](F)[C@H](N(C)c2cnc(-c3ccc(-c4cc(F)n(C)c(=O)c4)cc3O)nn2)C1. The highest BCUT2D eigenvalue weighted by molar-refractivity contribution is 5.72. The quantitative estimate of drug-likeness (QED) is 0.583. The van der Waals surface area contributed by atoms with Crippen molar-refractivity contribution in [2.24, 2.45) is 13.0 Å². The molecule has 1 aliphatic carbocycles. The van der Waals surface area contributed by atoms with E-state index in [1.165, 1.54) is 31.4 Å². The van der Waals surface area contributed by atoms with Gasteiger partial charge in [-0.3, -0.25) is 9.36 Å². The summed E-state index contributed by atoms with van der Waals surface area (Å²) in [6, 6.07) is 6.92. The zero-order valence-electron chi connectivity index (χ0n) is 18.9. The fraction of sp³-hybridized carbons (Fsp3) is 0.417. The van der Waals surface area contributed by atoms with Crippen LogP contribution in [0.25, 0.3) is 22.5 Å². The van der Waals surface area contributed by atoms with Gasteiger partial charge in [0.15, 0.2) is 17.6 Å². The van der Waals surface area contributed by atoms with Crippen LogP contribution in [0.15, 0.2) is 41.3 Å². The van der Waals surface area contributed by atoms with Crippen molar-refractivity contribution in [1.29, 1.82) is 0 Å². The first-order chi connectivity index (χ1) is 15.8. The predicted octanol–water partition coefficient (Wildman–Crippen LogP) is 4.10. The summed E-state index contributed by atoms with van der Waals surface area (Å²) in [5.74, 6) is 0.372. The Bertz CT molecular complexity index is 1200. The number of phenols is 1. The third-order valence-corrected chi connectivity index (χ3v) is 6.61. The molecule has 0 saturated heterocycles. The molecule has 1 N–H and O–H groups in total. The van der Waals surface area contributed by atoms with Crippen molar-refractivity contribution < 1.29 is 13.9 Å². The molecule has 9 heteroatoms. The van der Waals surface area contributed by atoms with Crippen LogP contribution in [0, 0.1) is 11.9 Å². The summed E-state index contributed by atoms with van der Waals surface area (Å²) in [4.78, 5) is 18.0. The molecule has 4 rings (SSSR count). The number of pyridine rings is 1. The molecule has 2 heterocycles. The van der Waals surface area contributed by atoms with Gasteiger partial charge in [-0.1, -0.05) is 19.4 Å². The second kappa shape index (κ2) is 9.25. The zero-order chi connectivity index (χ0) is 23.7. The van der Waals surface area contributed by atoms with Crippen LogP contribution in [0.4, 0.5) is 14.6 Å². The molecule has 0 spiro atoms. The van der Waals surface area contributed by atoms with Crippen LogP contribution in [-0.4, -0.2) is 44.1 Å². The van der Waals surface area contributed by atoms with Crippen LogP contribution in [0.3, 0.4) is 0 Å². The smallest absolute Gasteiger partial charge is 0.253 e. The number of hydrogen-bond donors (Lipinski definition) is 1. The molecule has 1 fully saturated rings. The van der Waals surface area contributed by atoms with Crippen LogP contribution < -0.4 is 10.5 Å². The van der Waals surface area contributed by atoms with E-state index in [9.17, 15) is 18.7 Å². The number of aromatic nitrogens is 4.